The second-order valence-electron chi connectivity index (χ2n) is 6.04. The number of hydrogen-bond acceptors (Lipinski definition) is 4. The Hall–Kier alpha value is -2.86. The van der Waals surface area contributed by atoms with Gasteiger partial charge in [0.15, 0.2) is 6.61 Å². The fraction of sp³-hybridized carbons (Fsp3) is 0.211. The maximum atomic E-state index is 12.2. The molecule has 1 aromatic heterocycles. The molecule has 0 fully saturated rings. The molecule has 134 valence electrons. The van der Waals surface area contributed by atoms with Crippen LogP contribution in [0.25, 0.3) is 5.69 Å². The second kappa shape index (κ2) is 8.01. The second-order valence-corrected chi connectivity index (χ2v) is 6.45. The van der Waals surface area contributed by atoms with E-state index in [0.29, 0.717) is 16.5 Å². The summed E-state index contributed by atoms with van der Waals surface area (Å²) in [4.78, 5) is 12.2. The van der Waals surface area contributed by atoms with E-state index in [9.17, 15) is 4.79 Å². The fourth-order valence-electron chi connectivity index (χ4n) is 2.45. The van der Waals surface area contributed by atoms with E-state index >= 15 is 0 Å². The summed E-state index contributed by atoms with van der Waals surface area (Å²) in [6.45, 7) is 4.02. The number of aromatic nitrogens is 3. The maximum Gasteiger partial charge on any atom is 0.262 e. The first kappa shape index (κ1) is 17.9. The molecule has 3 rings (SSSR count). The lowest BCUT2D eigenvalue weighted by Crippen LogP contribution is -2.20. The van der Waals surface area contributed by atoms with Gasteiger partial charge in [-0.25, -0.2) is 4.68 Å². The monoisotopic (exact) mass is 370 g/mol. The molecule has 1 amide bonds. The van der Waals surface area contributed by atoms with Crippen molar-refractivity contribution in [1.29, 1.82) is 0 Å². The smallest absolute Gasteiger partial charge is 0.262 e. The zero-order valence-electron chi connectivity index (χ0n) is 14.5. The van der Waals surface area contributed by atoms with Crippen molar-refractivity contribution in [2.24, 2.45) is 0 Å². The van der Waals surface area contributed by atoms with Crippen LogP contribution < -0.4 is 10.1 Å². The Morgan fingerprint density at radius 3 is 2.81 bits per heavy atom. The topological polar surface area (TPSA) is 69.0 Å². The number of carbonyl (C=O) groups is 1. The van der Waals surface area contributed by atoms with Crippen LogP contribution in [0.4, 0.5) is 5.69 Å². The number of para-hydroxylation sites is 1. The van der Waals surface area contributed by atoms with Crippen LogP contribution in [0.3, 0.4) is 0 Å². The standard InChI is InChI=1S/C19H19ClN4O2/c1-13(2)17-11-21-23-24(17)15-7-5-6-14(10-15)22-19(25)12-26-18-9-4-3-8-16(18)20/h3-11,13H,12H2,1-2H3,(H,22,25). The van der Waals surface area contributed by atoms with Crippen LogP contribution in [0.5, 0.6) is 5.75 Å². The summed E-state index contributed by atoms with van der Waals surface area (Å²) >= 11 is 6.01. The van der Waals surface area contributed by atoms with Crippen LogP contribution >= 0.6 is 11.6 Å². The minimum atomic E-state index is -0.273. The van der Waals surface area contributed by atoms with E-state index in [4.69, 9.17) is 16.3 Å². The molecule has 26 heavy (non-hydrogen) atoms. The first-order valence-corrected chi connectivity index (χ1v) is 8.60. The van der Waals surface area contributed by atoms with Gasteiger partial charge in [0.1, 0.15) is 5.75 Å². The van der Waals surface area contributed by atoms with Crippen molar-refractivity contribution in [3.63, 3.8) is 0 Å². The summed E-state index contributed by atoms with van der Waals surface area (Å²) in [7, 11) is 0. The molecular weight excluding hydrogens is 352 g/mol. The van der Waals surface area contributed by atoms with E-state index in [1.807, 2.05) is 24.3 Å². The highest BCUT2D eigenvalue weighted by Gasteiger charge is 2.11. The van der Waals surface area contributed by atoms with Crippen LogP contribution in [0.1, 0.15) is 25.5 Å². The number of hydrogen-bond donors (Lipinski definition) is 1. The first-order valence-electron chi connectivity index (χ1n) is 8.23. The molecule has 3 aromatic rings. The van der Waals surface area contributed by atoms with Crippen molar-refractivity contribution in [3.8, 4) is 11.4 Å². The van der Waals surface area contributed by atoms with Gasteiger partial charge in [-0.05, 0) is 36.2 Å². The van der Waals surface area contributed by atoms with Crippen molar-refractivity contribution in [1.82, 2.24) is 15.0 Å². The van der Waals surface area contributed by atoms with E-state index < -0.39 is 0 Å². The van der Waals surface area contributed by atoms with Gasteiger partial charge in [0.25, 0.3) is 5.91 Å². The molecule has 0 bridgehead atoms. The summed E-state index contributed by atoms with van der Waals surface area (Å²) in [5, 5.41) is 11.4. The largest absolute Gasteiger partial charge is 0.482 e. The molecular formula is C19H19ClN4O2. The third-order valence-electron chi connectivity index (χ3n) is 3.74. The average molecular weight is 371 g/mol. The van der Waals surface area contributed by atoms with E-state index in [1.165, 1.54) is 0 Å². The Kier molecular flexibility index (Phi) is 5.53. The summed E-state index contributed by atoms with van der Waals surface area (Å²) in [5.41, 5.74) is 2.48. The lowest BCUT2D eigenvalue weighted by molar-refractivity contribution is -0.118. The maximum absolute atomic E-state index is 12.2. The number of nitrogens with one attached hydrogen (secondary N) is 1. The van der Waals surface area contributed by atoms with Crippen LogP contribution in [0.15, 0.2) is 54.7 Å². The fourth-order valence-corrected chi connectivity index (χ4v) is 2.65. The SMILES string of the molecule is CC(C)c1cnnn1-c1cccc(NC(=O)COc2ccccc2Cl)c1. The number of carbonyl (C=O) groups excluding carboxylic acids is 1. The highest BCUT2D eigenvalue weighted by atomic mass is 35.5. The summed E-state index contributed by atoms with van der Waals surface area (Å²) < 4.78 is 7.22. The molecule has 1 N–H and O–H groups in total. The lowest BCUT2D eigenvalue weighted by Gasteiger charge is -2.11. The van der Waals surface area contributed by atoms with Gasteiger partial charge >= 0.3 is 0 Å². The number of benzene rings is 2. The highest BCUT2D eigenvalue weighted by Crippen LogP contribution is 2.23. The summed E-state index contributed by atoms with van der Waals surface area (Å²) in [6.07, 6.45) is 1.74. The zero-order valence-corrected chi connectivity index (χ0v) is 15.3. The van der Waals surface area contributed by atoms with E-state index in [2.05, 4.69) is 29.5 Å². The Balaban J connectivity index is 1.68. The molecule has 0 aliphatic rings. The summed E-state index contributed by atoms with van der Waals surface area (Å²) in [6, 6.07) is 14.4. The number of anilines is 1. The molecule has 2 aromatic carbocycles. The minimum Gasteiger partial charge on any atom is -0.482 e. The predicted octanol–water partition coefficient (Wildman–Crippen LogP) is 4.06. The lowest BCUT2D eigenvalue weighted by atomic mass is 10.1. The quantitative estimate of drug-likeness (QED) is 0.710. The van der Waals surface area contributed by atoms with Gasteiger partial charge in [-0.15, -0.1) is 5.10 Å². The van der Waals surface area contributed by atoms with Crippen LogP contribution in [0.2, 0.25) is 5.02 Å². The normalized spacial score (nSPS) is 10.8. The van der Waals surface area contributed by atoms with Crippen molar-refractivity contribution >= 4 is 23.2 Å². The Morgan fingerprint density at radius 2 is 2.04 bits per heavy atom. The number of halogens is 1. The van der Waals surface area contributed by atoms with Crippen molar-refractivity contribution < 1.29 is 9.53 Å². The van der Waals surface area contributed by atoms with Gasteiger partial charge in [0, 0.05) is 5.69 Å². The van der Waals surface area contributed by atoms with E-state index in [-0.39, 0.29) is 18.4 Å². The van der Waals surface area contributed by atoms with Crippen molar-refractivity contribution in [2.45, 2.75) is 19.8 Å². The number of nitrogens with zero attached hydrogens (tertiary/aromatic N) is 3. The van der Waals surface area contributed by atoms with Gasteiger partial charge in [-0.2, -0.15) is 0 Å². The zero-order chi connectivity index (χ0) is 18.5. The third-order valence-corrected chi connectivity index (χ3v) is 4.05. The molecule has 0 aliphatic carbocycles. The van der Waals surface area contributed by atoms with E-state index in [1.54, 1.807) is 35.1 Å². The van der Waals surface area contributed by atoms with Crippen molar-refractivity contribution in [2.75, 3.05) is 11.9 Å². The minimum absolute atomic E-state index is 0.130. The molecule has 0 atom stereocenters. The van der Waals surface area contributed by atoms with E-state index in [0.717, 1.165) is 11.4 Å². The first-order chi connectivity index (χ1) is 12.5. The predicted molar refractivity (Wildman–Crippen MR) is 101 cm³/mol. The number of rotatable bonds is 6. The van der Waals surface area contributed by atoms with Crippen LogP contribution in [0, 0.1) is 0 Å². The average Bonchev–Trinajstić information content (AvgIpc) is 3.11. The van der Waals surface area contributed by atoms with Gasteiger partial charge in [0.05, 0.1) is 22.6 Å². The molecule has 0 radical (unpaired) electrons. The third kappa shape index (κ3) is 4.21. The van der Waals surface area contributed by atoms with Crippen molar-refractivity contribution in [3.05, 3.63) is 65.4 Å². The molecule has 1 heterocycles. The molecule has 0 unspecified atom stereocenters. The molecule has 0 spiro atoms. The molecule has 6 nitrogen and oxygen atoms in total. The van der Waals surface area contributed by atoms with Gasteiger partial charge in [0.2, 0.25) is 0 Å². The summed E-state index contributed by atoms with van der Waals surface area (Å²) in [5.74, 6) is 0.485. The van der Waals surface area contributed by atoms with Crippen LogP contribution in [-0.4, -0.2) is 27.5 Å². The van der Waals surface area contributed by atoms with Crippen LogP contribution in [-0.2, 0) is 4.79 Å². The Morgan fingerprint density at radius 1 is 1.23 bits per heavy atom. The highest BCUT2D eigenvalue weighted by molar-refractivity contribution is 6.32. The molecule has 0 aliphatic heterocycles. The molecule has 0 saturated heterocycles. The Bertz CT molecular complexity index is 908. The van der Waals surface area contributed by atoms with Gasteiger partial charge in [-0.1, -0.05) is 48.9 Å². The molecule has 7 heteroatoms. The van der Waals surface area contributed by atoms with Gasteiger partial charge < -0.3 is 10.1 Å². The Labute approximate surface area is 156 Å². The molecule has 0 saturated carbocycles. The number of ether oxygens (including phenoxy) is 1. The van der Waals surface area contributed by atoms with Gasteiger partial charge in [-0.3, -0.25) is 4.79 Å². The number of amides is 1.